The number of pyridine rings is 1. The fraction of sp³-hybridized carbons (Fsp3) is 0.357. The first kappa shape index (κ1) is 11.6. The average Bonchev–Trinajstić information content (AvgIpc) is 2.96. The first-order valence-corrected chi connectivity index (χ1v) is 6.58. The maximum absolute atomic E-state index is 12.1. The fourth-order valence-electron chi connectivity index (χ4n) is 2.71. The highest BCUT2D eigenvalue weighted by Crippen LogP contribution is 2.44. The van der Waals surface area contributed by atoms with E-state index in [9.17, 15) is 4.79 Å². The van der Waals surface area contributed by atoms with E-state index in [1.165, 1.54) is 0 Å². The van der Waals surface area contributed by atoms with Crippen molar-refractivity contribution in [2.24, 2.45) is 11.8 Å². The molecule has 1 unspecified atom stereocenters. The van der Waals surface area contributed by atoms with Gasteiger partial charge in [-0.05, 0) is 12.1 Å². The van der Waals surface area contributed by atoms with Crippen LogP contribution in [0, 0.1) is 11.8 Å². The third-order valence-corrected chi connectivity index (χ3v) is 3.94. The summed E-state index contributed by atoms with van der Waals surface area (Å²) >= 11 is 0. The van der Waals surface area contributed by atoms with Crippen LogP contribution < -0.4 is 5.32 Å². The smallest absolute Gasteiger partial charge is 0.273 e. The summed E-state index contributed by atoms with van der Waals surface area (Å²) in [6, 6.07) is 5.54. The second-order valence-corrected chi connectivity index (χ2v) is 5.18. The van der Waals surface area contributed by atoms with E-state index in [1.807, 2.05) is 12.1 Å². The van der Waals surface area contributed by atoms with E-state index in [4.69, 9.17) is 9.26 Å². The molecule has 0 radical (unpaired) electrons. The number of amides is 1. The number of hydrogen-bond acceptors (Lipinski definition) is 5. The highest BCUT2D eigenvalue weighted by atomic mass is 16.5. The number of fused-ring (bicyclic) bond motifs is 1. The summed E-state index contributed by atoms with van der Waals surface area (Å²) in [4.78, 5) is 16.1. The summed E-state index contributed by atoms with van der Waals surface area (Å²) in [7, 11) is 0. The van der Waals surface area contributed by atoms with Crippen molar-refractivity contribution in [1.29, 1.82) is 0 Å². The van der Waals surface area contributed by atoms with E-state index in [-0.39, 0.29) is 11.9 Å². The predicted octanol–water partition coefficient (Wildman–Crippen LogP) is 1.11. The van der Waals surface area contributed by atoms with Crippen LogP contribution in [0.2, 0.25) is 0 Å². The van der Waals surface area contributed by atoms with Crippen molar-refractivity contribution >= 4 is 5.91 Å². The minimum absolute atomic E-state index is 0.191. The highest BCUT2D eigenvalue weighted by Gasteiger charge is 2.54. The van der Waals surface area contributed by atoms with Crippen molar-refractivity contribution in [2.45, 2.75) is 6.04 Å². The normalized spacial score (nSPS) is 27.1. The summed E-state index contributed by atoms with van der Waals surface area (Å²) < 4.78 is 10.5. The van der Waals surface area contributed by atoms with Crippen LogP contribution in [0.4, 0.5) is 0 Å². The zero-order chi connectivity index (χ0) is 13.5. The van der Waals surface area contributed by atoms with Crippen molar-refractivity contribution in [3.05, 3.63) is 36.3 Å². The number of aromatic nitrogens is 2. The summed E-state index contributed by atoms with van der Waals surface area (Å²) in [6.07, 6.45) is 3.35. The molecule has 3 heterocycles. The highest BCUT2D eigenvalue weighted by molar-refractivity contribution is 5.93. The monoisotopic (exact) mass is 271 g/mol. The standard InChI is InChI=1S/C14H13N3O3/c18-14(16-13-9-6-19-7-10(9)13)11-4-12(20-17-11)8-2-1-3-15-5-8/h1-5,9-10,13H,6-7H2,(H,16,18)/t9-,10+,13?. The van der Waals surface area contributed by atoms with E-state index in [0.717, 1.165) is 18.8 Å². The largest absolute Gasteiger partial charge is 0.381 e. The third-order valence-electron chi connectivity index (χ3n) is 3.94. The Morgan fingerprint density at radius 3 is 2.95 bits per heavy atom. The van der Waals surface area contributed by atoms with Crippen LogP contribution >= 0.6 is 0 Å². The lowest BCUT2D eigenvalue weighted by atomic mass is 10.2. The summed E-state index contributed by atoms with van der Waals surface area (Å²) in [5.74, 6) is 1.30. The molecule has 6 nitrogen and oxygen atoms in total. The van der Waals surface area contributed by atoms with Crippen molar-refractivity contribution in [3.8, 4) is 11.3 Å². The van der Waals surface area contributed by atoms with Gasteiger partial charge in [0.15, 0.2) is 11.5 Å². The zero-order valence-electron chi connectivity index (χ0n) is 10.7. The molecule has 1 saturated heterocycles. The van der Waals surface area contributed by atoms with Gasteiger partial charge in [0.1, 0.15) is 0 Å². The number of rotatable bonds is 3. The number of nitrogens with zero attached hydrogens (tertiary/aromatic N) is 2. The number of nitrogens with one attached hydrogen (secondary N) is 1. The van der Waals surface area contributed by atoms with Gasteiger partial charge in [0, 0.05) is 41.9 Å². The quantitative estimate of drug-likeness (QED) is 0.905. The minimum atomic E-state index is -0.191. The predicted molar refractivity (Wildman–Crippen MR) is 68.8 cm³/mol. The van der Waals surface area contributed by atoms with E-state index in [1.54, 1.807) is 18.5 Å². The van der Waals surface area contributed by atoms with Gasteiger partial charge < -0.3 is 14.6 Å². The second kappa shape index (κ2) is 4.42. The molecule has 0 spiro atoms. The van der Waals surface area contributed by atoms with Gasteiger partial charge in [0.05, 0.1) is 13.2 Å². The topological polar surface area (TPSA) is 77.2 Å². The first-order valence-electron chi connectivity index (χ1n) is 6.58. The van der Waals surface area contributed by atoms with Gasteiger partial charge in [0.2, 0.25) is 0 Å². The molecular weight excluding hydrogens is 258 g/mol. The van der Waals surface area contributed by atoms with E-state index in [2.05, 4.69) is 15.5 Å². The van der Waals surface area contributed by atoms with E-state index < -0.39 is 0 Å². The molecular formula is C14H13N3O3. The Morgan fingerprint density at radius 1 is 1.35 bits per heavy atom. The molecule has 4 rings (SSSR count). The molecule has 2 fully saturated rings. The van der Waals surface area contributed by atoms with Crippen LogP contribution in [-0.2, 0) is 4.74 Å². The van der Waals surface area contributed by atoms with E-state index in [0.29, 0.717) is 23.3 Å². The number of carbonyl (C=O) groups is 1. The van der Waals surface area contributed by atoms with Gasteiger partial charge >= 0.3 is 0 Å². The summed E-state index contributed by atoms with van der Waals surface area (Å²) in [5.41, 5.74) is 1.10. The van der Waals surface area contributed by atoms with Gasteiger partial charge in [-0.3, -0.25) is 9.78 Å². The SMILES string of the molecule is O=C(NC1[C@H]2COC[C@@H]12)c1cc(-c2cccnc2)on1. The molecule has 1 amide bonds. The number of carbonyl (C=O) groups excluding carboxylic acids is 1. The molecule has 0 aromatic carbocycles. The first-order chi connectivity index (χ1) is 9.83. The molecule has 2 aromatic heterocycles. The van der Waals surface area contributed by atoms with Crippen LogP contribution in [0.25, 0.3) is 11.3 Å². The molecule has 0 bridgehead atoms. The van der Waals surface area contributed by atoms with Gasteiger partial charge in [0.25, 0.3) is 5.91 Å². The van der Waals surface area contributed by atoms with E-state index >= 15 is 0 Å². The Kier molecular flexibility index (Phi) is 2.56. The Hall–Kier alpha value is -2.21. The van der Waals surface area contributed by atoms with Crippen molar-refractivity contribution < 1.29 is 14.1 Å². The Balaban J connectivity index is 1.46. The lowest BCUT2D eigenvalue weighted by molar-refractivity contribution is 0.0920. The van der Waals surface area contributed by atoms with Crippen LogP contribution in [0.3, 0.4) is 0 Å². The van der Waals surface area contributed by atoms with Crippen molar-refractivity contribution in [1.82, 2.24) is 15.5 Å². The Morgan fingerprint density at radius 2 is 2.20 bits per heavy atom. The molecule has 1 aliphatic carbocycles. The lowest BCUT2D eigenvalue weighted by Gasteiger charge is -2.04. The molecule has 102 valence electrons. The zero-order valence-corrected chi connectivity index (χ0v) is 10.7. The van der Waals surface area contributed by atoms with Crippen LogP contribution in [0.5, 0.6) is 0 Å². The Bertz CT molecular complexity index is 630. The van der Waals surface area contributed by atoms with Crippen molar-refractivity contribution in [3.63, 3.8) is 0 Å². The molecule has 2 aliphatic rings. The molecule has 2 aromatic rings. The molecule has 1 N–H and O–H groups in total. The van der Waals surface area contributed by atoms with Gasteiger partial charge in [-0.25, -0.2) is 0 Å². The Labute approximate surface area is 115 Å². The molecule has 1 saturated carbocycles. The molecule has 3 atom stereocenters. The van der Waals surface area contributed by atoms with Gasteiger partial charge in [-0.2, -0.15) is 0 Å². The maximum Gasteiger partial charge on any atom is 0.273 e. The minimum Gasteiger partial charge on any atom is -0.381 e. The van der Waals surface area contributed by atoms with Gasteiger partial charge in [-0.1, -0.05) is 5.16 Å². The second-order valence-electron chi connectivity index (χ2n) is 5.18. The fourth-order valence-corrected chi connectivity index (χ4v) is 2.71. The van der Waals surface area contributed by atoms with Crippen LogP contribution in [0.15, 0.2) is 35.1 Å². The third kappa shape index (κ3) is 1.89. The number of hydrogen-bond donors (Lipinski definition) is 1. The van der Waals surface area contributed by atoms with Crippen LogP contribution in [-0.4, -0.2) is 35.3 Å². The van der Waals surface area contributed by atoms with Crippen LogP contribution in [0.1, 0.15) is 10.5 Å². The summed E-state index contributed by atoms with van der Waals surface area (Å²) in [6.45, 7) is 1.49. The number of ether oxygens (including phenoxy) is 1. The maximum atomic E-state index is 12.1. The van der Waals surface area contributed by atoms with Crippen molar-refractivity contribution in [2.75, 3.05) is 13.2 Å². The summed E-state index contributed by atoms with van der Waals surface area (Å²) in [5, 5.41) is 6.80. The molecule has 6 heteroatoms. The molecule has 1 aliphatic heterocycles. The lowest BCUT2D eigenvalue weighted by Crippen LogP contribution is -2.30. The van der Waals surface area contributed by atoms with Gasteiger partial charge in [-0.15, -0.1) is 0 Å². The average molecular weight is 271 g/mol. The molecule has 20 heavy (non-hydrogen) atoms.